The first-order chi connectivity index (χ1) is 13.5. The fraction of sp³-hybridized carbons (Fsp3) is 0.577. The van der Waals surface area contributed by atoms with Crippen molar-refractivity contribution in [1.82, 2.24) is 5.43 Å². The van der Waals surface area contributed by atoms with E-state index in [2.05, 4.69) is 61.5 Å². The van der Waals surface area contributed by atoms with E-state index in [-0.39, 0.29) is 0 Å². The van der Waals surface area contributed by atoms with E-state index in [4.69, 9.17) is 0 Å². The molecule has 148 valence electrons. The smallest absolute Gasteiger partial charge is 0.0538 e. The molecule has 1 N–H and O–H groups in total. The summed E-state index contributed by atoms with van der Waals surface area (Å²) in [7, 11) is 0. The van der Waals surface area contributed by atoms with Crippen LogP contribution in [0.3, 0.4) is 0 Å². The monoisotopic (exact) mass is 374 g/mol. The van der Waals surface area contributed by atoms with Crippen molar-refractivity contribution in [3.8, 4) is 0 Å². The fourth-order valence-corrected chi connectivity index (χ4v) is 7.40. The van der Waals surface area contributed by atoms with Crippen molar-refractivity contribution in [2.45, 2.75) is 65.2 Å². The van der Waals surface area contributed by atoms with E-state index in [0.29, 0.717) is 10.8 Å². The van der Waals surface area contributed by atoms with Gasteiger partial charge in [0.05, 0.1) is 6.21 Å². The molecule has 5 aliphatic rings. The lowest BCUT2D eigenvalue weighted by atomic mass is 9.47. The van der Waals surface area contributed by atoms with Crippen molar-refractivity contribution in [1.29, 1.82) is 0 Å². The maximum atomic E-state index is 4.24. The van der Waals surface area contributed by atoms with Gasteiger partial charge in [-0.3, -0.25) is 5.43 Å². The second kappa shape index (κ2) is 6.61. The minimum atomic E-state index is 0.291. The summed E-state index contributed by atoms with van der Waals surface area (Å²) in [5.74, 6) is 2.52. The standard InChI is InChI=1S/C26H34N2/c1-18-7-8-19(17-28-27-16-18)22-11-12-23-21-10-9-20-6-4-5-14-25(20,2)24(21)13-15-26(22,23)3/h7-9,11,16-17,21,23-24,28H,1,4-6,10,12-15H2,2-3H3/b8-7-,19-17+,27-16-. The predicted octanol–water partition coefficient (Wildman–Crippen LogP) is 6.46. The average Bonchev–Trinajstić information content (AvgIpc) is 3.02. The van der Waals surface area contributed by atoms with Gasteiger partial charge in [0.15, 0.2) is 0 Å². The van der Waals surface area contributed by atoms with Crippen molar-refractivity contribution < 1.29 is 0 Å². The average molecular weight is 375 g/mol. The number of nitrogens with zero attached hydrogens (tertiary/aromatic N) is 1. The van der Waals surface area contributed by atoms with Gasteiger partial charge < -0.3 is 0 Å². The van der Waals surface area contributed by atoms with Gasteiger partial charge in [0.1, 0.15) is 0 Å². The quantitative estimate of drug-likeness (QED) is 0.523. The Hall–Kier alpha value is -1.83. The largest absolute Gasteiger partial charge is 0.285 e. The molecule has 0 aromatic heterocycles. The van der Waals surface area contributed by atoms with Gasteiger partial charge in [0, 0.05) is 6.20 Å². The molecule has 0 spiro atoms. The molecule has 0 aromatic carbocycles. The Bertz CT molecular complexity index is 838. The van der Waals surface area contributed by atoms with Crippen LogP contribution in [0.5, 0.6) is 0 Å². The van der Waals surface area contributed by atoms with Gasteiger partial charge in [0.2, 0.25) is 0 Å². The Balaban J connectivity index is 1.45. The van der Waals surface area contributed by atoms with Crippen molar-refractivity contribution in [2.75, 3.05) is 0 Å². The molecular weight excluding hydrogens is 340 g/mol. The van der Waals surface area contributed by atoms with Crippen LogP contribution < -0.4 is 5.43 Å². The summed E-state index contributed by atoms with van der Waals surface area (Å²) in [5, 5.41) is 4.24. The zero-order valence-electron chi connectivity index (χ0n) is 17.5. The van der Waals surface area contributed by atoms with E-state index in [1.807, 2.05) is 0 Å². The molecular formula is C26H34N2. The van der Waals surface area contributed by atoms with E-state index in [1.165, 1.54) is 62.5 Å². The number of nitrogens with one attached hydrogen (secondary N) is 1. The molecule has 4 aliphatic carbocycles. The Morgan fingerprint density at radius 1 is 1.04 bits per heavy atom. The molecule has 0 bridgehead atoms. The Labute approximate surface area is 170 Å². The molecule has 5 rings (SSSR count). The molecule has 2 fully saturated rings. The van der Waals surface area contributed by atoms with E-state index in [1.54, 1.807) is 11.8 Å². The van der Waals surface area contributed by atoms with Crippen LogP contribution >= 0.6 is 0 Å². The third-order valence-electron chi connectivity index (χ3n) is 8.91. The lowest BCUT2D eigenvalue weighted by molar-refractivity contribution is -0.0159. The van der Waals surface area contributed by atoms with Crippen LogP contribution in [0.25, 0.3) is 0 Å². The zero-order chi connectivity index (χ0) is 19.4. The summed E-state index contributed by atoms with van der Waals surface area (Å²) in [6, 6.07) is 0. The second-order valence-corrected chi connectivity index (χ2v) is 10.2. The number of allylic oxidation sites excluding steroid dienone is 8. The summed E-state index contributed by atoms with van der Waals surface area (Å²) >= 11 is 0. The van der Waals surface area contributed by atoms with Gasteiger partial charge in [-0.2, -0.15) is 5.10 Å². The highest BCUT2D eigenvalue weighted by molar-refractivity contribution is 5.81. The fourth-order valence-electron chi connectivity index (χ4n) is 7.40. The summed E-state index contributed by atoms with van der Waals surface area (Å²) in [6.45, 7) is 9.19. The summed E-state index contributed by atoms with van der Waals surface area (Å²) in [4.78, 5) is 0. The Morgan fingerprint density at radius 2 is 1.93 bits per heavy atom. The van der Waals surface area contributed by atoms with Crippen LogP contribution in [0.2, 0.25) is 0 Å². The molecule has 2 heteroatoms. The number of rotatable bonds is 1. The Morgan fingerprint density at radius 3 is 2.82 bits per heavy atom. The minimum absolute atomic E-state index is 0.291. The highest BCUT2D eigenvalue weighted by atomic mass is 15.3. The van der Waals surface area contributed by atoms with Crippen LogP contribution in [-0.4, -0.2) is 6.21 Å². The third-order valence-corrected chi connectivity index (χ3v) is 8.91. The topological polar surface area (TPSA) is 24.4 Å². The summed E-state index contributed by atoms with van der Waals surface area (Å²) in [5.41, 5.74) is 9.45. The first-order valence-corrected chi connectivity index (χ1v) is 11.3. The van der Waals surface area contributed by atoms with Crippen molar-refractivity contribution >= 4 is 6.21 Å². The van der Waals surface area contributed by atoms with E-state index in [9.17, 15) is 0 Å². The number of hydrogen-bond donors (Lipinski definition) is 1. The summed E-state index contributed by atoms with van der Waals surface area (Å²) < 4.78 is 0. The molecule has 0 aromatic rings. The molecule has 2 saturated carbocycles. The molecule has 28 heavy (non-hydrogen) atoms. The van der Waals surface area contributed by atoms with Crippen LogP contribution in [0.15, 0.2) is 64.5 Å². The highest BCUT2D eigenvalue weighted by Gasteiger charge is 2.56. The van der Waals surface area contributed by atoms with Crippen LogP contribution in [-0.2, 0) is 0 Å². The van der Waals surface area contributed by atoms with Gasteiger partial charge in [-0.15, -0.1) is 0 Å². The highest BCUT2D eigenvalue weighted by Crippen LogP contribution is 2.65. The van der Waals surface area contributed by atoms with Gasteiger partial charge in [-0.1, -0.05) is 56.7 Å². The first kappa shape index (κ1) is 18.2. The van der Waals surface area contributed by atoms with Crippen molar-refractivity contribution in [2.24, 2.45) is 33.7 Å². The molecule has 5 unspecified atom stereocenters. The van der Waals surface area contributed by atoms with Gasteiger partial charge in [-0.25, -0.2) is 0 Å². The van der Waals surface area contributed by atoms with Crippen LogP contribution in [0.4, 0.5) is 0 Å². The maximum Gasteiger partial charge on any atom is 0.0538 e. The van der Waals surface area contributed by atoms with Crippen molar-refractivity contribution in [3.63, 3.8) is 0 Å². The molecule has 2 nitrogen and oxygen atoms in total. The van der Waals surface area contributed by atoms with E-state index in [0.717, 1.165) is 23.3 Å². The summed E-state index contributed by atoms with van der Waals surface area (Å²) in [6.07, 6.45) is 24.3. The minimum Gasteiger partial charge on any atom is -0.285 e. The molecule has 0 amide bonds. The van der Waals surface area contributed by atoms with E-state index < -0.39 is 0 Å². The van der Waals surface area contributed by atoms with Gasteiger partial charge in [-0.05, 0) is 90.2 Å². The second-order valence-electron chi connectivity index (χ2n) is 10.2. The third kappa shape index (κ3) is 2.64. The predicted molar refractivity (Wildman–Crippen MR) is 118 cm³/mol. The Kier molecular flexibility index (Phi) is 4.30. The molecule has 0 saturated heterocycles. The maximum absolute atomic E-state index is 4.24. The lowest BCUT2D eigenvalue weighted by Gasteiger charge is -2.57. The number of hydrazone groups is 1. The van der Waals surface area contributed by atoms with Gasteiger partial charge in [0.25, 0.3) is 0 Å². The SMILES string of the molecule is C=C1/C=C\C(C2=CCC3C4CC=C5CCCCC5(C)C4CCC23C)=C/N/N=C\1. The normalized spacial score (nSPS) is 46.3. The molecule has 5 atom stereocenters. The lowest BCUT2D eigenvalue weighted by Crippen LogP contribution is -2.49. The van der Waals surface area contributed by atoms with Crippen molar-refractivity contribution in [3.05, 3.63) is 59.4 Å². The molecule has 0 radical (unpaired) electrons. The first-order valence-electron chi connectivity index (χ1n) is 11.3. The van der Waals surface area contributed by atoms with Crippen LogP contribution in [0.1, 0.15) is 65.2 Å². The van der Waals surface area contributed by atoms with Gasteiger partial charge >= 0.3 is 0 Å². The number of fused-ring (bicyclic) bond motifs is 5. The van der Waals surface area contributed by atoms with E-state index >= 15 is 0 Å². The molecule has 1 aliphatic heterocycles. The van der Waals surface area contributed by atoms with Crippen LogP contribution in [0, 0.1) is 28.6 Å². The zero-order valence-corrected chi connectivity index (χ0v) is 17.5. The number of hydrogen-bond acceptors (Lipinski definition) is 2. The molecule has 1 heterocycles.